The van der Waals surface area contributed by atoms with Crippen molar-refractivity contribution >= 4 is 0 Å². The molecule has 1 rings (SSSR count). The van der Waals surface area contributed by atoms with E-state index in [0.29, 0.717) is 6.42 Å². The van der Waals surface area contributed by atoms with Crippen LogP contribution < -0.4 is 0 Å². The summed E-state index contributed by atoms with van der Waals surface area (Å²) in [6.45, 7) is 7.94. The van der Waals surface area contributed by atoms with Gasteiger partial charge in [0.05, 0.1) is 19.8 Å². The molecule has 0 aromatic rings. The fourth-order valence-electron chi connectivity index (χ4n) is 1.37. The van der Waals surface area contributed by atoms with Crippen molar-refractivity contribution in [1.82, 2.24) is 0 Å². The molecule has 4 heteroatoms. The second-order valence-corrected chi connectivity index (χ2v) is 5.14. The first-order valence-electron chi connectivity index (χ1n) is 5.40. The average molecular weight is 218 g/mol. The highest BCUT2D eigenvalue weighted by molar-refractivity contribution is 4.90. The minimum absolute atomic E-state index is 0.0198. The zero-order chi connectivity index (χ0) is 11.7. The zero-order valence-electron chi connectivity index (χ0n) is 10.0. The van der Waals surface area contributed by atoms with Crippen LogP contribution in [0, 0.1) is 5.41 Å². The van der Waals surface area contributed by atoms with E-state index in [9.17, 15) is 10.2 Å². The monoisotopic (exact) mass is 218 g/mol. The van der Waals surface area contributed by atoms with Gasteiger partial charge in [-0.2, -0.15) is 0 Å². The van der Waals surface area contributed by atoms with Crippen LogP contribution in [0.2, 0.25) is 0 Å². The molecule has 0 bridgehead atoms. The van der Waals surface area contributed by atoms with Crippen molar-refractivity contribution in [3.8, 4) is 0 Å². The summed E-state index contributed by atoms with van der Waals surface area (Å²) in [6.07, 6.45) is 0.600. The molecule has 0 spiro atoms. The van der Waals surface area contributed by atoms with Gasteiger partial charge in [0, 0.05) is 5.41 Å². The van der Waals surface area contributed by atoms with Crippen LogP contribution in [0.4, 0.5) is 0 Å². The highest BCUT2D eigenvalue weighted by Crippen LogP contribution is 2.39. The average Bonchev–Trinajstić information content (AvgIpc) is 2.23. The standard InChI is InChI=1S/C11H22O4/c1-5-11(13)7-14-10(4,15-8-11)9(2,3)6-12/h12-13H,5-8H2,1-4H3. The second-order valence-electron chi connectivity index (χ2n) is 5.14. The van der Waals surface area contributed by atoms with E-state index in [2.05, 4.69) is 0 Å². The Labute approximate surface area is 91.2 Å². The van der Waals surface area contributed by atoms with E-state index in [4.69, 9.17) is 9.47 Å². The molecule has 0 unspecified atom stereocenters. The van der Waals surface area contributed by atoms with Gasteiger partial charge in [0.2, 0.25) is 0 Å². The summed E-state index contributed by atoms with van der Waals surface area (Å²) in [5.41, 5.74) is -1.37. The van der Waals surface area contributed by atoms with Gasteiger partial charge in [-0.15, -0.1) is 0 Å². The molecule has 2 N–H and O–H groups in total. The predicted molar refractivity (Wildman–Crippen MR) is 56.4 cm³/mol. The van der Waals surface area contributed by atoms with E-state index in [1.54, 1.807) is 6.92 Å². The SMILES string of the molecule is CCC1(O)COC(C)(C(C)(C)CO)OC1. The molecule has 0 aliphatic carbocycles. The van der Waals surface area contributed by atoms with Crippen LogP contribution in [0.25, 0.3) is 0 Å². The largest absolute Gasteiger partial charge is 0.396 e. The zero-order valence-corrected chi connectivity index (χ0v) is 10.0. The fraction of sp³-hybridized carbons (Fsp3) is 1.00. The minimum atomic E-state index is -0.884. The quantitative estimate of drug-likeness (QED) is 0.739. The van der Waals surface area contributed by atoms with Crippen molar-refractivity contribution in [2.24, 2.45) is 5.41 Å². The fourth-order valence-corrected chi connectivity index (χ4v) is 1.37. The first-order chi connectivity index (χ1) is 6.79. The molecule has 0 radical (unpaired) electrons. The molecule has 0 amide bonds. The number of rotatable bonds is 3. The molecular formula is C11H22O4. The molecule has 1 aliphatic heterocycles. The first kappa shape index (κ1) is 12.9. The Morgan fingerprint density at radius 3 is 2.07 bits per heavy atom. The highest BCUT2D eigenvalue weighted by atomic mass is 16.7. The maximum absolute atomic E-state index is 9.94. The van der Waals surface area contributed by atoms with E-state index in [1.165, 1.54) is 0 Å². The van der Waals surface area contributed by atoms with Gasteiger partial charge in [-0.1, -0.05) is 20.8 Å². The number of aliphatic hydroxyl groups is 2. The lowest BCUT2D eigenvalue weighted by molar-refractivity contribution is -0.351. The Balaban J connectivity index is 2.70. The lowest BCUT2D eigenvalue weighted by Gasteiger charge is -2.48. The van der Waals surface area contributed by atoms with Gasteiger partial charge in [-0.05, 0) is 13.3 Å². The molecule has 90 valence electrons. The summed E-state index contributed by atoms with van der Waals surface area (Å²) in [5, 5.41) is 19.2. The van der Waals surface area contributed by atoms with Crippen molar-refractivity contribution in [2.45, 2.75) is 45.5 Å². The van der Waals surface area contributed by atoms with Crippen LogP contribution in [-0.4, -0.2) is 41.4 Å². The molecule has 1 aliphatic rings. The molecule has 1 saturated heterocycles. The molecule has 0 aromatic carbocycles. The van der Waals surface area contributed by atoms with Gasteiger partial charge in [0.25, 0.3) is 0 Å². The molecule has 0 saturated carbocycles. The summed E-state index contributed by atoms with van der Waals surface area (Å²) < 4.78 is 11.2. The molecule has 0 atom stereocenters. The topological polar surface area (TPSA) is 58.9 Å². The van der Waals surface area contributed by atoms with E-state index in [1.807, 2.05) is 20.8 Å². The third kappa shape index (κ3) is 2.33. The third-order valence-corrected chi connectivity index (χ3v) is 3.52. The Bertz CT molecular complexity index is 217. The summed E-state index contributed by atoms with van der Waals surface area (Å²) >= 11 is 0. The molecule has 0 aromatic heterocycles. The van der Waals surface area contributed by atoms with Crippen LogP contribution in [0.1, 0.15) is 34.1 Å². The van der Waals surface area contributed by atoms with E-state index >= 15 is 0 Å². The van der Waals surface area contributed by atoms with Crippen molar-refractivity contribution in [3.05, 3.63) is 0 Å². The van der Waals surface area contributed by atoms with Crippen LogP contribution >= 0.6 is 0 Å². The predicted octanol–water partition coefficient (Wildman–Crippen LogP) is 0.909. The molecule has 1 heterocycles. The van der Waals surface area contributed by atoms with E-state index < -0.39 is 16.8 Å². The van der Waals surface area contributed by atoms with Gasteiger partial charge in [0.15, 0.2) is 5.79 Å². The number of aliphatic hydroxyl groups excluding tert-OH is 1. The molecule has 1 fully saturated rings. The maximum Gasteiger partial charge on any atom is 0.172 e. The first-order valence-corrected chi connectivity index (χ1v) is 5.40. The summed E-state index contributed by atoms with van der Waals surface area (Å²) in [7, 11) is 0. The van der Waals surface area contributed by atoms with Crippen LogP contribution in [0.5, 0.6) is 0 Å². The van der Waals surface area contributed by atoms with Crippen LogP contribution in [0.15, 0.2) is 0 Å². The molecular weight excluding hydrogens is 196 g/mol. The number of ether oxygens (including phenoxy) is 2. The highest BCUT2D eigenvalue weighted by Gasteiger charge is 2.49. The van der Waals surface area contributed by atoms with Crippen molar-refractivity contribution in [1.29, 1.82) is 0 Å². The summed E-state index contributed by atoms with van der Waals surface area (Å²) in [5.74, 6) is -0.830. The van der Waals surface area contributed by atoms with Gasteiger partial charge in [-0.25, -0.2) is 0 Å². The van der Waals surface area contributed by atoms with E-state index in [-0.39, 0.29) is 19.8 Å². The Morgan fingerprint density at radius 2 is 1.73 bits per heavy atom. The van der Waals surface area contributed by atoms with Crippen LogP contribution in [-0.2, 0) is 9.47 Å². The molecule has 15 heavy (non-hydrogen) atoms. The Kier molecular flexibility index (Phi) is 3.45. The van der Waals surface area contributed by atoms with Gasteiger partial charge in [-0.3, -0.25) is 0 Å². The third-order valence-electron chi connectivity index (χ3n) is 3.52. The lowest BCUT2D eigenvalue weighted by atomic mass is 9.83. The van der Waals surface area contributed by atoms with Gasteiger partial charge < -0.3 is 19.7 Å². The van der Waals surface area contributed by atoms with Crippen molar-refractivity contribution in [2.75, 3.05) is 19.8 Å². The second kappa shape index (κ2) is 4.01. The normalized spacial score (nSPS) is 38.0. The van der Waals surface area contributed by atoms with Crippen LogP contribution in [0.3, 0.4) is 0 Å². The number of hydrogen-bond donors (Lipinski definition) is 2. The Morgan fingerprint density at radius 1 is 1.27 bits per heavy atom. The lowest BCUT2D eigenvalue weighted by Crippen LogP contribution is -2.58. The smallest absolute Gasteiger partial charge is 0.172 e. The summed E-state index contributed by atoms with van der Waals surface area (Å²) in [6, 6.07) is 0. The minimum Gasteiger partial charge on any atom is -0.396 e. The van der Waals surface area contributed by atoms with Gasteiger partial charge in [0.1, 0.15) is 5.60 Å². The van der Waals surface area contributed by atoms with Crippen molar-refractivity contribution < 1.29 is 19.7 Å². The van der Waals surface area contributed by atoms with Gasteiger partial charge >= 0.3 is 0 Å². The maximum atomic E-state index is 9.94. The Hall–Kier alpha value is -0.160. The number of hydrogen-bond acceptors (Lipinski definition) is 4. The van der Waals surface area contributed by atoms with E-state index in [0.717, 1.165) is 0 Å². The summed E-state index contributed by atoms with van der Waals surface area (Å²) in [4.78, 5) is 0. The van der Waals surface area contributed by atoms with Crippen molar-refractivity contribution in [3.63, 3.8) is 0 Å². The molecule has 4 nitrogen and oxygen atoms in total.